The molecule has 0 atom stereocenters. The number of hydrogen-bond acceptors (Lipinski definition) is 3. The van der Waals surface area contributed by atoms with E-state index in [0.717, 1.165) is 12.1 Å². The molecule has 0 bridgehead atoms. The third-order valence-corrected chi connectivity index (χ3v) is 4.74. The molecular weight excluding hydrogens is 322 g/mol. The average molecular weight is 341 g/mol. The van der Waals surface area contributed by atoms with Gasteiger partial charge in [-0.2, -0.15) is 0 Å². The van der Waals surface area contributed by atoms with E-state index >= 15 is 0 Å². The maximum Gasteiger partial charge on any atom is 0.318 e. The van der Waals surface area contributed by atoms with Crippen LogP contribution >= 0.6 is 11.3 Å². The number of carbonyl (C=O) groups is 2. The monoisotopic (exact) mass is 341 g/mol. The molecule has 0 fully saturated rings. The average Bonchev–Trinajstić information content (AvgIpc) is 3.15. The van der Waals surface area contributed by atoms with Crippen LogP contribution in [-0.2, 0) is 4.79 Å². The standard InChI is InChI=1S/C18H19N3O2S/c22-17(20-15-5-2-1-3-6-15)13-19-18(23)21-10-8-14(9-11-21)16-7-4-12-24-16/h1-8,12H,9-11,13H2,(H,19,23)(H,20,22). The number of benzene rings is 1. The summed E-state index contributed by atoms with van der Waals surface area (Å²) >= 11 is 1.71. The van der Waals surface area contributed by atoms with Gasteiger partial charge in [0, 0.05) is 23.7 Å². The van der Waals surface area contributed by atoms with E-state index in [9.17, 15) is 9.59 Å². The molecule has 1 aromatic carbocycles. The van der Waals surface area contributed by atoms with E-state index in [0.29, 0.717) is 13.1 Å². The molecule has 6 heteroatoms. The first kappa shape index (κ1) is 16.3. The molecule has 1 aromatic heterocycles. The second kappa shape index (κ2) is 7.79. The van der Waals surface area contributed by atoms with Crippen LogP contribution in [0.2, 0.25) is 0 Å². The van der Waals surface area contributed by atoms with Crippen LogP contribution in [0.3, 0.4) is 0 Å². The minimum atomic E-state index is -0.235. The summed E-state index contributed by atoms with van der Waals surface area (Å²) in [5.41, 5.74) is 2.01. The van der Waals surface area contributed by atoms with Gasteiger partial charge in [0.1, 0.15) is 0 Å². The fraction of sp³-hybridized carbons (Fsp3) is 0.222. The van der Waals surface area contributed by atoms with Gasteiger partial charge in [-0.1, -0.05) is 30.3 Å². The molecule has 0 radical (unpaired) electrons. The van der Waals surface area contributed by atoms with Crippen LogP contribution in [0.25, 0.3) is 5.57 Å². The fourth-order valence-electron chi connectivity index (χ4n) is 2.53. The number of amides is 3. The van der Waals surface area contributed by atoms with Gasteiger partial charge in [0.05, 0.1) is 6.54 Å². The zero-order valence-corrected chi connectivity index (χ0v) is 14.0. The first-order chi connectivity index (χ1) is 11.7. The highest BCUT2D eigenvalue weighted by Gasteiger charge is 2.18. The Hall–Kier alpha value is -2.60. The van der Waals surface area contributed by atoms with Crippen LogP contribution in [0.5, 0.6) is 0 Å². The van der Waals surface area contributed by atoms with Gasteiger partial charge in [0.2, 0.25) is 5.91 Å². The fourth-order valence-corrected chi connectivity index (χ4v) is 3.33. The molecule has 0 saturated heterocycles. The van der Waals surface area contributed by atoms with Gasteiger partial charge in [-0.3, -0.25) is 4.79 Å². The van der Waals surface area contributed by atoms with Crippen molar-refractivity contribution >= 4 is 34.5 Å². The summed E-state index contributed by atoms with van der Waals surface area (Å²) in [5.74, 6) is -0.235. The summed E-state index contributed by atoms with van der Waals surface area (Å²) in [4.78, 5) is 27.0. The number of thiophene rings is 1. The van der Waals surface area contributed by atoms with Gasteiger partial charge in [0.25, 0.3) is 0 Å². The maximum atomic E-state index is 12.2. The molecule has 2 aromatic rings. The Morgan fingerprint density at radius 3 is 2.62 bits per heavy atom. The molecule has 3 rings (SSSR count). The summed E-state index contributed by atoms with van der Waals surface area (Å²) in [7, 11) is 0. The van der Waals surface area contributed by atoms with E-state index < -0.39 is 0 Å². The number of rotatable bonds is 4. The minimum absolute atomic E-state index is 0.0360. The molecule has 0 saturated carbocycles. The minimum Gasteiger partial charge on any atom is -0.329 e. The van der Waals surface area contributed by atoms with Gasteiger partial charge >= 0.3 is 6.03 Å². The number of urea groups is 1. The highest BCUT2D eigenvalue weighted by molar-refractivity contribution is 7.11. The molecule has 1 aliphatic rings. The van der Waals surface area contributed by atoms with Crippen molar-refractivity contribution in [2.75, 3.05) is 25.0 Å². The van der Waals surface area contributed by atoms with E-state index in [-0.39, 0.29) is 18.5 Å². The van der Waals surface area contributed by atoms with Crippen LogP contribution in [-0.4, -0.2) is 36.5 Å². The van der Waals surface area contributed by atoms with Gasteiger partial charge in [-0.05, 0) is 35.6 Å². The van der Waals surface area contributed by atoms with Gasteiger partial charge < -0.3 is 15.5 Å². The van der Waals surface area contributed by atoms with Gasteiger partial charge in [-0.25, -0.2) is 4.79 Å². The smallest absolute Gasteiger partial charge is 0.318 e. The third kappa shape index (κ3) is 4.23. The van der Waals surface area contributed by atoms with Crippen LogP contribution in [0.15, 0.2) is 53.9 Å². The van der Waals surface area contributed by atoms with Crippen molar-refractivity contribution in [2.45, 2.75) is 6.42 Å². The number of hydrogen-bond donors (Lipinski definition) is 2. The van der Waals surface area contributed by atoms with Crippen molar-refractivity contribution in [3.63, 3.8) is 0 Å². The Morgan fingerprint density at radius 1 is 1.12 bits per heavy atom. The number of anilines is 1. The first-order valence-electron chi connectivity index (χ1n) is 7.83. The molecule has 2 N–H and O–H groups in total. The van der Waals surface area contributed by atoms with Crippen LogP contribution in [0, 0.1) is 0 Å². The SMILES string of the molecule is O=C(CNC(=O)N1CC=C(c2cccs2)CC1)Nc1ccccc1. The molecular formula is C18H19N3O2S. The van der Waals surface area contributed by atoms with Gasteiger partial charge in [0.15, 0.2) is 0 Å². The molecule has 0 spiro atoms. The van der Waals surface area contributed by atoms with E-state index in [1.54, 1.807) is 28.4 Å². The molecule has 124 valence electrons. The Labute approximate surface area is 145 Å². The number of carbonyl (C=O) groups excluding carboxylic acids is 2. The second-order valence-corrected chi connectivity index (χ2v) is 6.42. The summed E-state index contributed by atoms with van der Waals surface area (Å²) in [6.45, 7) is 1.20. The van der Waals surface area contributed by atoms with Crippen molar-refractivity contribution in [1.29, 1.82) is 0 Å². The lowest BCUT2D eigenvalue weighted by Gasteiger charge is -2.26. The van der Waals surface area contributed by atoms with Crippen LogP contribution in [0.4, 0.5) is 10.5 Å². The quantitative estimate of drug-likeness (QED) is 0.897. The number of para-hydroxylation sites is 1. The topological polar surface area (TPSA) is 61.4 Å². The Balaban J connectivity index is 1.45. The van der Waals surface area contributed by atoms with Crippen molar-refractivity contribution < 1.29 is 9.59 Å². The zero-order valence-electron chi connectivity index (χ0n) is 13.2. The summed E-state index contributed by atoms with van der Waals surface area (Å²) < 4.78 is 0. The lowest BCUT2D eigenvalue weighted by atomic mass is 10.1. The summed E-state index contributed by atoms with van der Waals surface area (Å²) in [5, 5.41) is 7.47. The van der Waals surface area contributed by atoms with E-state index in [2.05, 4.69) is 28.2 Å². The highest BCUT2D eigenvalue weighted by Crippen LogP contribution is 2.25. The lowest BCUT2D eigenvalue weighted by molar-refractivity contribution is -0.115. The molecule has 1 aliphatic heterocycles. The third-order valence-electron chi connectivity index (χ3n) is 3.79. The molecule has 5 nitrogen and oxygen atoms in total. The Morgan fingerprint density at radius 2 is 1.96 bits per heavy atom. The largest absolute Gasteiger partial charge is 0.329 e. The second-order valence-electron chi connectivity index (χ2n) is 5.48. The Kier molecular flexibility index (Phi) is 5.28. The normalized spacial score (nSPS) is 14.0. The number of nitrogens with one attached hydrogen (secondary N) is 2. The van der Waals surface area contributed by atoms with E-state index in [1.807, 2.05) is 24.3 Å². The predicted molar refractivity (Wildman–Crippen MR) is 97.0 cm³/mol. The highest BCUT2D eigenvalue weighted by atomic mass is 32.1. The van der Waals surface area contributed by atoms with Crippen LogP contribution < -0.4 is 10.6 Å². The molecule has 0 aliphatic carbocycles. The first-order valence-corrected chi connectivity index (χ1v) is 8.71. The zero-order chi connectivity index (χ0) is 16.8. The van der Waals surface area contributed by atoms with E-state index in [4.69, 9.17) is 0 Å². The number of nitrogens with zero attached hydrogens (tertiary/aromatic N) is 1. The summed E-state index contributed by atoms with van der Waals surface area (Å²) in [6, 6.07) is 13.1. The van der Waals surface area contributed by atoms with Crippen molar-refractivity contribution in [3.8, 4) is 0 Å². The lowest BCUT2D eigenvalue weighted by Crippen LogP contribution is -2.44. The molecule has 0 unspecified atom stereocenters. The van der Waals surface area contributed by atoms with Gasteiger partial charge in [-0.15, -0.1) is 11.3 Å². The maximum absolute atomic E-state index is 12.2. The van der Waals surface area contributed by atoms with Crippen molar-refractivity contribution in [1.82, 2.24) is 10.2 Å². The van der Waals surface area contributed by atoms with Crippen LogP contribution in [0.1, 0.15) is 11.3 Å². The van der Waals surface area contributed by atoms with E-state index in [1.165, 1.54) is 10.5 Å². The summed E-state index contributed by atoms with van der Waals surface area (Å²) in [6.07, 6.45) is 2.92. The Bertz CT molecular complexity index is 726. The molecule has 3 amide bonds. The van der Waals surface area contributed by atoms with Crippen molar-refractivity contribution in [2.24, 2.45) is 0 Å². The van der Waals surface area contributed by atoms with Crippen molar-refractivity contribution in [3.05, 3.63) is 58.8 Å². The predicted octanol–water partition coefficient (Wildman–Crippen LogP) is 3.19. The molecule has 24 heavy (non-hydrogen) atoms. The molecule has 2 heterocycles.